The van der Waals surface area contributed by atoms with Crippen molar-refractivity contribution >= 4 is 23.1 Å². The Bertz CT molecular complexity index is 419. The Morgan fingerprint density at radius 2 is 2.44 bits per heavy atom. The summed E-state index contributed by atoms with van der Waals surface area (Å²) in [7, 11) is 1.53. The van der Waals surface area contributed by atoms with Crippen molar-refractivity contribution in [1.82, 2.24) is 10.5 Å². The molecule has 1 heterocycles. The molecule has 7 heteroatoms. The third-order valence-electron chi connectivity index (χ3n) is 2.30. The molecule has 6 nitrogen and oxygen atoms in total. The molecule has 0 aliphatic carbocycles. The van der Waals surface area contributed by atoms with Crippen LogP contribution in [0.25, 0.3) is 0 Å². The van der Waals surface area contributed by atoms with Gasteiger partial charge in [0.2, 0.25) is 0 Å². The van der Waals surface area contributed by atoms with Gasteiger partial charge in [0.15, 0.2) is 11.5 Å². The molecule has 0 aromatic carbocycles. The number of carbonyl (C=O) groups is 1. The van der Waals surface area contributed by atoms with Gasteiger partial charge in [-0.25, -0.2) is 0 Å². The summed E-state index contributed by atoms with van der Waals surface area (Å²) in [5.41, 5.74) is 5.75. The number of hydrogen-bond donors (Lipinski definition) is 2. The van der Waals surface area contributed by atoms with Gasteiger partial charge < -0.3 is 20.3 Å². The predicted molar refractivity (Wildman–Crippen MR) is 70.2 cm³/mol. The number of thiocarbonyl (C=S) groups is 1. The molecule has 1 unspecified atom stereocenters. The largest absolute Gasteiger partial charge is 0.392 e. The molecule has 1 aromatic heterocycles. The minimum atomic E-state index is -0.354. The Kier molecular flexibility index (Phi) is 5.73. The zero-order chi connectivity index (χ0) is 13.5. The maximum atomic E-state index is 11.9. The molecule has 0 bridgehead atoms. The van der Waals surface area contributed by atoms with Gasteiger partial charge in [0, 0.05) is 13.2 Å². The highest BCUT2D eigenvalue weighted by Crippen LogP contribution is 2.06. The van der Waals surface area contributed by atoms with Crippen LogP contribution in [0.2, 0.25) is 0 Å². The zero-order valence-electron chi connectivity index (χ0n) is 10.4. The lowest BCUT2D eigenvalue weighted by Gasteiger charge is -2.15. The van der Waals surface area contributed by atoms with Crippen LogP contribution in [0, 0.1) is 0 Å². The zero-order valence-corrected chi connectivity index (χ0v) is 11.3. The van der Waals surface area contributed by atoms with Crippen LogP contribution in [0.5, 0.6) is 0 Å². The molecule has 18 heavy (non-hydrogen) atoms. The molecule has 0 spiro atoms. The number of rotatable bonds is 7. The number of nitrogens with two attached hydrogens (primary N) is 1. The van der Waals surface area contributed by atoms with Crippen LogP contribution in [0.1, 0.15) is 36.0 Å². The van der Waals surface area contributed by atoms with E-state index in [0.29, 0.717) is 12.2 Å². The second kappa shape index (κ2) is 7.07. The van der Waals surface area contributed by atoms with E-state index in [2.05, 4.69) is 10.5 Å². The van der Waals surface area contributed by atoms with E-state index in [0.717, 1.165) is 6.42 Å². The van der Waals surface area contributed by atoms with Gasteiger partial charge in [0.25, 0.3) is 5.91 Å². The number of nitrogens with one attached hydrogen (secondary N) is 1. The molecule has 0 aliphatic heterocycles. The smallest absolute Gasteiger partial charge is 0.274 e. The summed E-state index contributed by atoms with van der Waals surface area (Å²) in [6.45, 7) is 2.26. The fourth-order valence-corrected chi connectivity index (χ4v) is 1.61. The lowest BCUT2D eigenvalue weighted by Crippen LogP contribution is -2.43. The van der Waals surface area contributed by atoms with Crippen molar-refractivity contribution in [3.05, 3.63) is 17.5 Å². The number of amides is 1. The molecule has 0 radical (unpaired) electrons. The van der Waals surface area contributed by atoms with Gasteiger partial charge >= 0.3 is 0 Å². The van der Waals surface area contributed by atoms with Crippen LogP contribution >= 0.6 is 12.2 Å². The number of hydrogen-bond acceptors (Lipinski definition) is 5. The van der Waals surface area contributed by atoms with Gasteiger partial charge in [-0.1, -0.05) is 30.7 Å². The summed E-state index contributed by atoms with van der Waals surface area (Å²) in [6, 6.07) is 1.21. The molecule has 1 amide bonds. The average Bonchev–Trinajstić information content (AvgIpc) is 2.77. The van der Waals surface area contributed by atoms with Crippen LogP contribution in [0.15, 0.2) is 10.6 Å². The van der Waals surface area contributed by atoms with Crippen LogP contribution in [0.4, 0.5) is 0 Å². The quantitative estimate of drug-likeness (QED) is 0.719. The van der Waals surface area contributed by atoms with Gasteiger partial charge in [-0.15, -0.1) is 0 Å². The third-order valence-corrected chi connectivity index (χ3v) is 2.59. The maximum Gasteiger partial charge on any atom is 0.274 e. The average molecular weight is 271 g/mol. The standard InChI is InChI=1S/C11H17N3O3S/c1-3-4-8(10(12)18)13-11(15)9-5-7(6-16-2)17-14-9/h5,8H,3-4,6H2,1-2H3,(H2,12,18)(H,13,15). The fraction of sp³-hybridized carbons (Fsp3) is 0.545. The molecule has 1 aromatic rings. The number of ether oxygens (including phenoxy) is 1. The van der Waals surface area contributed by atoms with E-state index in [9.17, 15) is 4.79 Å². The highest BCUT2D eigenvalue weighted by molar-refractivity contribution is 7.80. The van der Waals surface area contributed by atoms with E-state index in [-0.39, 0.29) is 29.2 Å². The first-order valence-electron chi connectivity index (χ1n) is 5.63. The van der Waals surface area contributed by atoms with Crippen LogP contribution in [-0.4, -0.2) is 29.2 Å². The van der Waals surface area contributed by atoms with E-state index in [1.165, 1.54) is 13.2 Å². The van der Waals surface area contributed by atoms with Crippen LogP contribution in [-0.2, 0) is 11.3 Å². The van der Waals surface area contributed by atoms with Crippen molar-refractivity contribution in [3.63, 3.8) is 0 Å². The van der Waals surface area contributed by atoms with Crippen molar-refractivity contribution in [2.75, 3.05) is 7.11 Å². The number of methoxy groups -OCH3 is 1. The molecule has 0 saturated heterocycles. The van der Waals surface area contributed by atoms with E-state index in [1.807, 2.05) is 6.92 Å². The molecule has 0 fully saturated rings. The molecule has 3 N–H and O–H groups in total. The number of aromatic nitrogens is 1. The second-order valence-electron chi connectivity index (χ2n) is 3.83. The van der Waals surface area contributed by atoms with Crippen molar-refractivity contribution in [2.24, 2.45) is 5.73 Å². The first-order valence-corrected chi connectivity index (χ1v) is 6.04. The predicted octanol–water partition coefficient (Wildman–Crippen LogP) is 1.01. The Labute approximate surface area is 111 Å². The van der Waals surface area contributed by atoms with Crippen LogP contribution < -0.4 is 11.1 Å². The van der Waals surface area contributed by atoms with Gasteiger partial charge in [0.1, 0.15) is 6.61 Å². The Morgan fingerprint density at radius 1 is 1.72 bits per heavy atom. The third kappa shape index (κ3) is 4.08. The first kappa shape index (κ1) is 14.6. The summed E-state index contributed by atoms with van der Waals surface area (Å²) in [5.74, 6) is 0.136. The van der Waals surface area contributed by atoms with E-state index >= 15 is 0 Å². The molecule has 100 valence electrons. The van der Waals surface area contributed by atoms with Crippen LogP contribution in [0.3, 0.4) is 0 Å². The van der Waals surface area contributed by atoms with Gasteiger partial charge in [-0.2, -0.15) is 0 Å². The molecule has 0 aliphatic rings. The van der Waals surface area contributed by atoms with Gasteiger partial charge in [-0.05, 0) is 6.42 Å². The topological polar surface area (TPSA) is 90.4 Å². The van der Waals surface area contributed by atoms with Crippen molar-refractivity contribution in [3.8, 4) is 0 Å². The summed E-state index contributed by atoms with van der Waals surface area (Å²) in [5, 5.41) is 6.38. The highest BCUT2D eigenvalue weighted by atomic mass is 32.1. The first-order chi connectivity index (χ1) is 8.58. The lowest BCUT2D eigenvalue weighted by molar-refractivity contribution is 0.0936. The monoisotopic (exact) mass is 271 g/mol. The molecular weight excluding hydrogens is 254 g/mol. The van der Waals surface area contributed by atoms with E-state index < -0.39 is 0 Å². The summed E-state index contributed by atoms with van der Waals surface area (Å²) < 4.78 is 9.80. The Morgan fingerprint density at radius 3 is 3.00 bits per heavy atom. The minimum absolute atomic E-state index is 0.194. The normalized spacial score (nSPS) is 12.1. The minimum Gasteiger partial charge on any atom is -0.392 e. The fourth-order valence-electron chi connectivity index (χ4n) is 1.44. The van der Waals surface area contributed by atoms with E-state index in [1.54, 1.807) is 0 Å². The van der Waals surface area contributed by atoms with E-state index in [4.69, 9.17) is 27.2 Å². The molecule has 1 rings (SSSR count). The highest BCUT2D eigenvalue weighted by Gasteiger charge is 2.18. The van der Waals surface area contributed by atoms with Crippen molar-refractivity contribution in [2.45, 2.75) is 32.4 Å². The van der Waals surface area contributed by atoms with Gasteiger partial charge in [0.05, 0.1) is 11.0 Å². The van der Waals surface area contributed by atoms with Gasteiger partial charge in [-0.3, -0.25) is 4.79 Å². The van der Waals surface area contributed by atoms with Crippen molar-refractivity contribution < 1.29 is 14.1 Å². The Hall–Kier alpha value is -1.47. The molecule has 0 saturated carbocycles. The summed E-state index contributed by atoms with van der Waals surface area (Å²) in [6.07, 6.45) is 1.57. The summed E-state index contributed by atoms with van der Waals surface area (Å²) in [4.78, 5) is 12.1. The lowest BCUT2D eigenvalue weighted by atomic mass is 10.1. The summed E-state index contributed by atoms with van der Waals surface area (Å²) >= 11 is 4.90. The second-order valence-corrected chi connectivity index (χ2v) is 4.30. The van der Waals surface area contributed by atoms with Crippen molar-refractivity contribution in [1.29, 1.82) is 0 Å². The number of nitrogens with zero attached hydrogens (tertiary/aromatic N) is 1. The molecular formula is C11H17N3O3S. The Balaban J connectivity index is 2.64. The maximum absolute atomic E-state index is 11.9. The molecule has 1 atom stereocenters. The SMILES string of the molecule is CCCC(NC(=O)c1cc(COC)on1)C(N)=S. The number of carbonyl (C=O) groups excluding carboxylic acids is 1.